The Morgan fingerprint density at radius 2 is 1.67 bits per heavy atom. The standard InChI is InChI=1S/C10H14N4.2CH4O3S/c1-7(2)6-12-10-13-8-4-3-5-11-9(8)14-10;2*1-5(2,3)4/h3-5,7H,6H2,1-2H3,(H2,11,12,13,14);2*1H3,(H,2,3,4). The zero-order valence-electron chi connectivity index (χ0n) is 13.8. The number of hydrogen-bond donors (Lipinski definition) is 4. The molecule has 0 radical (unpaired) electrons. The van der Waals surface area contributed by atoms with Crippen LogP contribution in [-0.2, 0) is 20.2 Å². The molecule has 0 spiro atoms. The summed E-state index contributed by atoms with van der Waals surface area (Å²) in [5.74, 6) is 1.41. The molecular formula is C12H22N4O6S2. The second-order valence-electron chi connectivity index (χ2n) is 5.20. The highest BCUT2D eigenvalue weighted by Crippen LogP contribution is 2.10. The molecule has 0 amide bonds. The zero-order valence-corrected chi connectivity index (χ0v) is 15.4. The summed E-state index contributed by atoms with van der Waals surface area (Å²) in [7, 11) is -7.33. The molecule has 0 fully saturated rings. The lowest BCUT2D eigenvalue weighted by molar-refractivity contribution is 0.488. The van der Waals surface area contributed by atoms with Gasteiger partial charge in [-0.3, -0.25) is 9.11 Å². The molecule has 0 aliphatic heterocycles. The van der Waals surface area contributed by atoms with E-state index in [1.165, 1.54) is 0 Å². The molecule has 2 rings (SSSR count). The zero-order chi connectivity index (χ0) is 19.0. The molecule has 2 heterocycles. The Balaban J connectivity index is 0.000000442. The van der Waals surface area contributed by atoms with Crippen LogP contribution in [0.2, 0.25) is 0 Å². The highest BCUT2D eigenvalue weighted by atomic mass is 32.2. The maximum Gasteiger partial charge on any atom is 0.261 e. The lowest BCUT2D eigenvalue weighted by Crippen LogP contribution is -2.08. The summed E-state index contributed by atoms with van der Waals surface area (Å²) in [6, 6.07) is 3.86. The summed E-state index contributed by atoms with van der Waals surface area (Å²) in [5, 5.41) is 3.23. The Bertz CT molecular complexity index is 751. The van der Waals surface area contributed by atoms with Gasteiger partial charge in [0.15, 0.2) is 5.65 Å². The topological polar surface area (TPSA) is 162 Å². The summed E-state index contributed by atoms with van der Waals surface area (Å²) in [4.78, 5) is 11.6. The van der Waals surface area contributed by atoms with E-state index >= 15 is 0 Å². The first-order chi connectivity index (χ1) is 10.8. The Kier molecular flexibility index (Phi) is 8.82. The van der Waals surface area contributed by atoms with Gasteiger partial charge in [-0.25, -0.2) is 4.98 Å². The Hall–Kier alpha value is -1.76. The van der Waals surface area contributed by atoms with Crippen LogP contribution in [0.5, 0.6) is 0 Å². The number of fused-ring (bicyclic) bond motifs is 1. The van der Waals surface area contributed by atoms with E-state index in [1.54, 1.807) is 6.20 Å². The summed E-state index contributed by atoms with van der Waals surface area (Å²) >= 11 is 0. The smallest absolute Gasteiger partial charge is 0.261 e. The van der Waals surface area contributed by atoms with E-state index in [9.17, 15) is 16.8 Å². The summed E-state index contributed by atoms with van der Waals surface area (Å²) in [6.45, 7) is 5.24. The van der Waals surface area contributed by atoms with Crippen LogP contribution in [-0.4, -0.2) is 59.9 Å². The number of nitrogens with one attached hydrogen (secondary N) is 2. The molecule has 0 saturated carbocycles. The van der Waals surface area contributed by atoms with Crippen LogP contribution in [0.15, 0.2) is 18.3 Å². The third-order valence-electron chi connectivity index (χ3n) is 1.94. The van der Waals surface area contributed by atoms with Gasteiger partial charge in [0.1, 0.15) is 0 Å². The van der Waals surface area contributed by atoms with Gasteiger partial charge in [0.05, 0.1) is 18.0 Å². The molecule has 0 aliphatic rings. The van der Waals surface area contributed by atoms with Crippen molar-refractivity contribution in [1.82, 2.24) is 15.0 Å². The van der Waals surface area contributed by atoms with Crippen LogP contribution >= 0.6 is 0 Å². The van der Waals surface area contributed by atoms with Crippen LogP contribution in [0.4, 0.5) is 5.95 Å². The molecule has 0 saturated heterocycles. The molecule has 10 nitrogen and oxygen atoms in total. The van der Waals surface area contributed by atoms with Gasteiger partial charge in [-0.2, -0.15) is 21.8 Å². The monoisotopic (exact) mass is 382 g/mol. The van der Waals surface area contributed by atoms with Crippen LogP contribution < -0.4 is 5.32 Å². The molecule has 138 valence electrons. The second kappa shape index (κ2) is 9.52. The van der Waals surface area contributed by atoms with Crippen LogP contribution in [0.1, 0.15) is 13.8 Å². The molecular weight excluding hydrogens is 360 g/mol. The van der Waals surface area contributed by atoms with Crippen LogP contribution in [0, 0.1) is 5.92 Å². The van der Waals surface area contributed by atoms with E-state index in [-0.39, 0.29) is 0 Å². The largest absolute Gasteiger partial charge is 0.355 e. The van der Waals surface area contributed by atoms with Crippen molar-refractivity contribution in [3.05, 3.63) is 18.3 Å². The molecule has 4 N–H and O–H groups in total. The van der Waals surface area contributed by atoms with Gasteiger partial charge in [0.2, 0.25) is 5.95 Å². The highest BCUT2D eigenvalue weighted by molar-refractivity contribution is 7.85. The van der Waals surface area contributed by atoms with Crippen molar-refractivity contribution in [2.75, 3.05) is 24.4 Å². The number of hydrogen-bond acceptors (Lipinski definition) is 7. The predicted octanol–water partition coefficient (Wildman–Crippen LogP) is 1.03. The highest BCUT2D eigenvalue weighted by Gasteiger charge is 2.02. The summed E-state index contributed by atoms with van der Waals surface area (Å²) < 4.78 is 51.7. The Morgan fingerprint density at radius 3 is 2.08 bits per heavy atom. The average molecular weight is 382 g/mol. The van der Waals surface area contributed by atoms with E-state index in [4.69, 9.17) is 9.11 Å². The molecule has 2 aromatic rings. The van der Waals surface area contributed by atoms with Crippen molar-refractivity contribution < 1.29 is 25.9 Å². The fraction of sp³-hybridized carbons (Fsp3) is 0.500. The van der Waals surface area contributed by atoms with Crippen molar-refractivity contribution in [2.24, 2.45) is 5.92 Å². The van der Waals surface area contributed by atoms with Gasteiger partial charge in [-0.15, -0.1) is 0 Å². The molecule has 24 heavy (non-hydrogen) atoms. The second-order valence-corrected chi connectivity index (χ2v) is 8.13. The maximum absolute atomic E-state index is 9.19. The minimum atomic E-state index is -3.67. The molecule has 12 heteroatoms. The third-order valence-corrected chi connectivity index (χ3v) is 1.94. The molecule has 0 bridgehead atoms. The van der Waals surface area contributed by atoms with Crippen molar-refractivity contribution in [2.45, 2.75) is 13.8 Å². The maximum atomic E-state index is 9.19. The quantitative estimate of drug-likeness (QED) is 0.568. The van der Waals surface area contributed by atoms with E-state index in [1.807, 2.05) is 12.1 Å². The fourth-order valence-corrected chi connectivity index (χ4v) is 1.23. The lowest BCUT2D eigenvalue weighted by Gasteiger charge is -2.04. The van der Waals surface area contributed by atoms with Crippen molar-refractivity contribution in [3.63, 3.8) is 0 Å². The number of rotatable bonds is 3. The molecule has 2 aromatic heterocycles. The first-order valence-corrected chi connectivity index (χ1v) is 10.3. The summed E-state index contributed by atoms with van der Waals surface area (Å²) in [6.07, 6.45) is 3.18. The number of aromatic amines is 1. The van der Waals surface area contributed by atoms with Gasteiger partial charge >= 0.3 is 0 Å². The number of imidazole rings is 1. The molecule has 0 aliphatic carbocycles. The normalized spacial score (nSPS) is 11.3. The van der Waals surface area contributed by atoms with Crippen molar-refractivity contribution >= 4 is 37.3 Å². The van der Waals surface area contributed by atoms with Gasteiger partial charge < -0.3 is 10.3 Å². The van der Waals surface area contributed by atoms with Gasteiger partial charge in [-0.1, -0.05) is 13.8 Å². The first-order valence-electron chi connectivity index (χ1n) is 6.65. The third kappa shape index (κ3) is 15.1. The number of pyridine rings is 1. The lowest BCUT2D eigenvalue weighted by atomic mass is 10.2. The fourth-order valence-electron chi connectivity index (χ4n) is 1.23. The van der Waals surface area contributed by atoms with Gasteiger partial charge in [-0.05, 0) is 18.1 Å². The minimum absolute atomic E-state index is 0.608. The van der Waals surface area contributed by atoms with Gasteiger partial charge in [0.25, 0.3) is 20.2 Å². The molecule has 0 atom stereocenters. The molecule has 0 aromatic carbocycles. The Morgan fingerprint density at radius 1 is 1.17 bits per heavy atom. The molecule has 0 unspecified atom stereocenters. The van der Waals surface area contributed by atoms with Gasteiger partial charge in [0, 0.05) is 12.7 Å². The number of anilines is 1. The Labute approximate surface area is 141 Å². The minimum Gasteiger partial charge on any atom is -0.355 e. The number of nitrogens with zero attached hydrogens (tertiary/aromatic N) is 2. The SMILES string of the molecule is CC(C)CNc1nc2ncccc2[nH]1.CS(=O)(=O)O.CS(=O)(=O)O. The van der Waals surface area contributed by atoms with Crippen LogP contribution in [0.25, 0.3) is 11.2 Å². The van der Waals surface area contributed by atoms with Crippen molar-refractivity contribution in [1.29, 1.82) is 0 Å². The number of H-pyrrole nitrogens is 1. The first kappa shape index (κ1) is 22.2. The predicted molar refractivity (Wildman–Crippen MR) is 92.2 cm³/mol. The van der Waals surface area contributed by atoms with Crippen LogP contribution in [0.3, 0.4) is 0 Å². The van der Waals surface area contributed by atoms with E-state index in [0.29, 0.717) is 18.4 Å². The van der Waals surface area contributed by atoms with Crippen molar-refractivity contribution in [3.8, 4) is 0 Å². The number of aromatic nitrogens is 3. The average Bonchev–Trinajstić information content (AvgIpc) is 2.74. The summed E-state index contributed by atoms with van der Waals surface area (Å²) in [5.41, 5.74) is 1.73. The van der Waals surface area contributed by atoms with E-state index in [2.05, 4.69) is 34.1 Å². The van der Waals surface area contributed by atoms with E-state index < -0.39 is 20.2 Å². The van der Waals surface area contributed by atoms with E-state index in [0.717, 1.165) is 23.7 Å².